The van der Waals surface area contributed by atoms with Gasteiger partial charge in [0.25, 0.3) is 0 Å². The molecular weight excluding hydrogens is 548 g/mol. The lowest BCUT2D eigenvalue weighted by atomic mass is 10.3. The van der Waals surface area contributed by atoms with Crippen LogP contribution in [-0.2, 0) is 14.2 Å². The van der Waals surface area contributed by atoms with Crippen molar-refractivity contribution in [3.63, 3.8) is 0 Å². The number of methoxy groups -OCH3 is 3. The van der Waals surface area contributed by atoms with Gasteiger partial charge in [-0.05, 0) is 48.5 Å². The number of carbonyl (C=O) groups excluding carboxylic acids is 5. The molecule has 0 unspecified atom stereocenters. The highest BCUT2D eigenvalue weighted by Crippen LogP contribution is 2.10. The van der Waals surface area contributed by atoms with Gasteiger partial charge in [-0.25, -0.2) is 19.2 Å². The van der Waals surface area contributed by atoms with Gasteiger partial charge < -0.3 is 37.0 Å². The summed E-state index contributed by atoms with van der Waals surface area (Å²) in [4.78, 5) is 63.5. The number of Topliss-reactive ketones (excluding diaryl/α,β-unsaturated/α-hetero) is 2. The van der Waals surface area contributed by atoms with Gasteiger partial charge in [-0.1, -0.05) is 0 Å². The van der Waals surface area contributed by atoms with Gasteiger partial charge in [0.05, 0.1) is 33.9 Å². The molecule has 218 valence electrons. The largest absolute Gasteiger partial charge is 0.475 e. The number of carbonyl (C=O) groups is 6. The van der Waals surface area contributed by atoms with Gasteiger partial charge in [-0.2, -0.15) is 0 Å². The number of ketones is 2. The Hall–Kier alpha value is -5.66. The van der Waals surface area contributed by atoms with Crippen molar-refractivity contribution in [3.05, 3.63) is 95.6 Å². The number of esters is 3. The van der Waals surface area contributed by atoms with E-state index in [1.54, 1.807) is 24.3 Å². The number of aromatic carboxylic acids is 1. The maximum absolute atomic E-state index is 10.9. The lowest BCUT2D eigenvalue weighted by Crippen LogP contribution is -2.00. The lowest BCUT2D eigenvalue weighted by Gasteiger charge is -1.93. The quantitative estimate of drug-likeness (QED) is 0.190. The second-order valence-corrected chi connectivity index (χ2v) is 7.17. The van der Waals surface area contributed by atoms with E-state index < -0.39 is 23.9 Å². The number of hydrogen-bond acceptors (Lipinski definition) is 13. The van der Waals surface area contributed by atoms with Crippen molar-refractivity contribution in [2.75, 3.05) is 21.3 Å². The predicted octanol–water partition coefficient (Wildman–Crippen LogP) is 4.58. The van der Waals surface area contributed by atoms with Crippen molar-refractivity contribution in [1.29, 1.82) is 0 Å². The topological polar surface area (TPSA) is 203 Å². The molecule has 0 aliphatic heterocycles. The van der Waals surface area contributed by atoms with Gasteiger partial charge in [0.1, 0.15) is 0 Å². The molecule has 0 atom stereocenters. The van der Waals surface area contributed by atoms with Crippen LogP contribution < -0.4 is 0 Å². The monoisotopic (exact) mass is 574 g/mol. The SMILES string of the molecule is CC(=O)c1ccc(C(=O)O)o1.CC(=O)c1ccco1.COC(=O)c1ccc(C(=O)OC)o1.COC(=O)c1ccco1. The summed E-state index contributed by atoms with van der Waals surface area (Å²) < 4.78 is 32.1. The molecule has 0 radical (unpaired) electrons. The Kier molecular flexibility index (Phi) is 13.9. The van der Waals surface area contributed by atoms with Crippen molar-refractivity contribution in [2.45, 2.75) is 13.8 Å². The second kappa shape index (κ2) is 17.0. The van der Waals surface area contributed by atoms with Crippen LogP contribution in [0.4, 0.5) is 0 Å². The van der Waals surface area contributed by atoms with Crippen LogP contribution in [0.5, 0.6) is 0 Å². The molecule has 0 spiro atoms. The first-order chi connectivity index (χ1) is 19.4. The first kappa shape index (κ1) is 33.4. The standard InChI is InChI=1S/C8H8O5.C7H6O4.C6H6O3.C6H6O2/c1-11-7(9)5-3-4-6(13-5)8(10)12-2;1-4(8)5-2-3-6(11-5)7(9)10;1-8-6(7)5-3-2-4-9-5;1-5(7)6-3-2-4-8-6/h3-4H,1-2H3;2-3H,1H3,(H,9,10);2-4H,1H3;2-4H,1H3. The molecule has 0 amide bonds. The number of carboxylic acids is 1. The summed E-state index contributed by atoms with van der Waals surface area (Å²) in [5.41, 5.74) is 0. The van der Waals surface area contributed by atoms with Gasteiger partial charge in [-0.15, -0.1) is 0 Å². The maximum Gasteiger partial charge on any atom is 0.373 e. The molecule has 0 aromatic carbocycles. The van der Waals surface area contributed by atoms with Gasteiger partial charge in [0.15, 0.2) is 23.1 Å². The first-order valence-electron chi connectivity index (χ1n) is 11.2. The molecular formula is C27H26O14. The fraction of sp³-hybridized carbons (Fsp3) is 0.185. The summed E-state index contributed by atoms with van der Waals surface area (Å²) in [5.74, 6) is -2.72. The molecule has 4 aromatic rings. The van der Waals surface area contributed by atoms with Crippen LogP contribution in [0.15, 0.2) is 78.7 Å². The van der Waals surface area contributed by atoms with E-state index in [2.05, 4.69) is 18.6 Å². The van der Waals surface area contributed by atoms with E-state index in [0.717, 1.165) is 0 Å². The molecule has 4 aromatic heterocycles. The number of rotatable bonds is 6. The Morgan fingerprint density at radius 3 is 1.20 bits per heavy atom. The van der Waals surface area contributed by atoms with Crippen LogP contribution in [-0.4, -0.2) is 61.9 Å². The Balaban J connectivity index is 0.000000278. The third-order valence-electron chi connectivity index (χ3n) is 4.32. The molecule has 41 heavy (non-hydrogen) atoms. The van der Waals surface area contributed by atoms with Crippen molar-refractivity contribution in [2.24, 2.45) is 0 Å². The van der Waals surface area contributed by atoms with Crippen LogP contribution in [0.2, 0.25) is 0 Å². The first-order valence-corrected chi connectivity index (χ1v) is 11.2. The van der Waals surface area contributed by atoms with Crippen molar-refractivity contribution < 1.29 is 65.8 Å². The average molecular weight is 574 g/mol. The highest BCUT2D eigenvalue weighted by Gasteiger charge is 2.15. The highest BCUT2D eigenvalue weighted by molar-refractivity contribution is 5.93. The van der Waals surface area contributed by atoms with Crippen molar-refractivity contribution in [1.82, 2.24) is 0 Å². The molecule has 14 heteroatoms. The van der Waals surface area contributed by atoms with E-state index in [1.165, 1.54) is 72.0 Å². The number of furan rings is 4. The molecule has 14 nitrogen and oxygen atoms in total. The van der Waals surface area contributed by atoms with Crippen molar-refractivity contribution in [3.8, 4) is 0 Å². The second-order valence-electron chi connectivity index (χ2n) is 7.17. The number of carboxylic acid groups (broad SMARTS) is 1. The van der Waals surface area contributed by atoms with Crippen molar-refractivity contribution >= 4 is 35.4 Å². The zero-order chi connectivity index (χ0) is 30.9. The summed E-state index contributed by atoms with van der Waals surface area (Å²) in [6.07, 6.45) is 2.91. The average Bonchev–Trinajstić information content (AvgIpc) is 3.79. The normalized spacial score (nSPS) is 9.29. The number of ether oxygens (including phenoxy) is 3. The minimum Gasteiger partial charge on any atom is -0.475 e. The van der Waals surface area contributed by atoms with Crippen LogP contribution in [0.1, 0.15) is 77.2 Å². The molecule has 0 fully saturated rings. The fourth-order valence-electron chi connectivity index (χ4n) is 2.37. The Morgan fingerprint density at radius 2 is 0.902 bits per heavy atom. The van der Waals surface area contributed by atoms with Crippen LogP contribution in [0.3, 0.4) is 0 Å². The van der Waals surface area contributed by atoms with Crippen LogP contribution in [0.25, 0.3) is 0 Å². The minimum atomic E-state index is -1.17. The molecule has 4 rings (SSSR count). The summed E-state index contributed by atoms with van der Waals surface area (Å²) in [6, 6.07) is 11.8. The van der Waals surface area contributed by atoms with Crippen LogP contribution >= 0.6 is 0 Å². The zero-order valence-electron chi connectivity index (χ0n) is 22.5. The predicted molar refractivity (Wildman–Crippen MR) is 136 cm³/mol. The molecule has 0 saturated heterocycles. The summed E-state index contributed by atoms with van der Waals surface area (Å²) in [7, 11) is 3.76. The Morgan fingerprint density at radius 1 is 0.537 bits per heavy atom. The smallest absolute Gasteiger partial charge is 0.373 e. The highest BCUT2D eigenvalue weighted by atomic mass is 16.6. The molecule has 0 bridgehead atoms. The molecule has 0 aliphatic rings. The van der Waals surface area contributed by atoms with E-state index in [4.69, 9.17) is 18.4 Å². The molecule has 0 aliphatic carbocycles. The van der Waals surface area contributed by atoms with E-state index >= 15 is 0 Å². The molecule has 4 heterocycles. The Bertz CT molecular complexity index is 1360. The maximum atomic E-state index is 10.9. The summed E-state index contributed by atoms with van der Waals surface area (Å²) in [5, 5.41) is 8.37. The summed E-state index contributed by atoms with van der Waals surface area (Å²) in [6.45, 7) is 2.78. The van der Waals surface area contributed by atoms with E-state index in [9.17, 15) is 28.8 Å². The fourth-order valence-corrected chi connectivity index (χ4v) is 2.37. The van der Waals surface area contributed by atoms with E-state index in [-0.39, 0.29) is 40.4 Å². The molecule has 1 N–H and O–H groups in total. The van der Waals surface area contributed by atoms with Gasteiger partial charge in [-0.3, -0.25) is 9.59 Å². The van der Waals surface area contributed by atoms with Gasteiger partial charge in [0, 0.05) is 13.8 Å². The number of hydrogen-bond donors (Lipinski definition) is 1. The molecule has 0 saturated carbocycles. The summed E-state index contributed by atoms with van der Waals surface area (Å²) >= 11 is 0. The third-order valence-corrected chi connectivity index (χ3v) is 4.32. The zero-order valence-corrected chi connectivity index (χ0v) is 22.5. The Labute approximate surface area is 232 Å². The van der Waals surface area contributed by atoms with E-state index in [1.807, 2.05) is 0 Å². The lowest BCUT2D eigenvalue weighted by molar-refractivity contribution is 0.0526. The van der Waals surface area contributed by atoms with E-state index in [0.29, 0.717) is 5.76 Å². The van der Waals surface area contributed by atoms with Gasteiger partial charge in [0.2, 0.25) is 23.0 Å². The van der Waals surface area contributed by atoms with Crippen LogP contribution in [0, 0.1) is 0 Å². The third kappa shape index (κ3) is 11.3. The van der Waals surface area contributed by atoms with Gasteiger partial charge >= 0.3 is 23.9 Å². The minimum absolute atomic E-state index is 0.0251.